The van der Waals surface area contributed by atoms with Crippen molar-refractivity contribution in [3.63, 3.8) is 0 Å². The quantitative estimate of drug-likeness (QED) is 0.373. The Morgan fingerprint density at radius 3 is 1.22 bits per heavy atom. The molecule has 0 heterocycles. The number of nitrogens with zero attached hydrogens (tertiary/aromatic N) is 3. The molecule has 52 valence electrons. The Morgan fingerprint density at radius 1 is 1.00 bits per heavy atom. The molecule has 0 unspecified atom stereocenters. The number of nitrogens with two attached hydrogens (primary N) is 1. The van der Waals surface area contributed by atoms with Crippen LogP contribution in [0.1, 0.15) is 0 Å². The van der Waals surface area contributed by atoms with Crippen molar-refractivity contribution in [2.45, 2.75) is 0 Å². The van der Waals surface area contributed by atoms with Crippen molar-refractivity contribution >= 4 is 28.0 Å². The van der Waals surface area contributed by atoms with Crippen LogP contribution in [-0.2, 0) is 0 Å². The van der Waals surface area contributed by atoms with Crippen molar-refractivity contribution in [2.24, 2.45) is 19.8 Å². The molecule has 0 bridgehead atoms. The van der Waals surface area contributed by atoms with Crippen LogP contribution in [0, 0.1) is 0 Å². The lowest BCUT2D eigenvalue weighted by atomic mass is 11.8. The minimum Gasteiger partial charge on any atom is -1.00 e. The Bertz CT molecular complexity index is 103. The third-order valence-corrected chi connectivity index (χ3v) is 1.87. The zero-order valence-electron chi connectivity index (χ0n) is 4.87. The Hall–Kier alpha value is -0.310. The number of rotatable bonds is 3. The fourth-order valence-corrected chi connectivity index (χ4v) is 0.402. The highest BCUT2D eigenvalue weighted by atomic mass is 35.5. The van der Waals surface area contributed by atoms with Crippen LogP contribution in [0.15, 0.2) is 14.3 Å². The molecule has 0 rings (SSSR count). The molecular formula is C3H8ClN4P. The third-order valence-electron chi connectivity index (χ3n) is 0.624. The summed E-state index contributed by atoms with van der Waals surface area (Å²) in [5.74, 6) is 0. The van der Waals surface area contributed by atoms with Crippen molar-refractivity contribution in [3.8, 4) is 0 Å². The summed E-state index contributed by atoms with van der Waals surface area (Å²) in [6.45, 7) is 9.54. The number of hydrogen-bond donors (Lipinski definition) is 1. The van der Waals surface area contributed by atoms with Gasteiger partial charge < -0.3 is 12.4 Å². The van der Waals surface area contributed by atoms with Gasteiger partial charge in [-0.2, -0.15) is 0 Å². The highest BCUT2D eigenvalue weighted by Gasteiger charge is 2.27. The molecule has 0 radical (unpaired) electrons. The van der Waals surface area contributed by atoms with Gasteiger partial charge in [-0.05, 0) is 0 Å². The van der Waals surface area contributed by atoms with Crippen LogP contribution in [0.2, 0.25) is 0 Å². The van der Waals surface area contributed by atoms with Gasteiger partial charge in [0.1, 0.15) is 0 Å². The zero-order chi connectivity index (χ0) is 6.62. The fraction of sp³-hybridized carbons (Fsp3) is 0. The second kappa shape index (κ2) is 4.56. The van der Waals surface area contributed by atoms with E-state index in [4.69, 9.17) is 5.50 Å². The molecule has 0 aromatic carbocycles. The molecule has 9 heavy (non-hydrogen) atoms. The normalized spacial score (nSPS) is 9.00. The lowest BCUT2D eigenvalue weighted by Gasteiger charge is -1.95. The second-order valence-corrected chi connectivity index (χ2v) is 3.12. The molecule has 0 aliphatic carbocycles. The van der Waals surface area contributed by atoms with Crippen LogP contribution in [0.25, 0.3) is 0 Å². The first-order chi connectivity index (χ1) is 3.68. The Labute approximate surface area is 61.0 Å². The topological polar surface area (TPSA) is 63.1 Å². The largest absolute Gasteiger partial charge is 1.00 e. The Morgan fingerprint density at radius 2 is 1.22 bits per heavy atom. The Kier molecular flexibility index (Phi) is 5.81. The third kappa shape index (κ3) is 3.30. The molecule has 0 aromatic rings. The van der Waals surface area contributed by atoms with E-state index in [9.17, 15) is 0 Å². The monoisotopic (exact) mass is 166 g/mol. The molecule has 0 saturated carbocycles. The molecule has 0 aliphatic rings. The van der Waals surface area contributed by atoms with E-state index in [1.807, 2.05) is 0 Å². The molecule has 0 fully saturated rings. The molecule has 2 N–H and O–H groups in total. The Balaban J connectivity index is 0. The minimum atomic E-state index is -2.37. The average Bonchev–Trinajstić information content (AvgIpc) is 1.87. The van der Waals surface area contributed by atoms with Gasteiger partial charge in [0.2, 0.25) is 0 Å². The standard InChI is InChI=1S/C3H8N4P.ClH/c1-5-8(4,6-2)7-3;/h1-4H2;1H/q+1;/p-1. The predicted octanol–water partition coefficient (Wildman–Crippen LogP) is -2.27. The van der Waals surface area contributed by atoms with E-state index in [1.165, 1.54) is 0 Å². The molecule has 0 atom stereocenters. The summed E-state index contributed by atoms with van der Waals surface area (Å²) in [7, 11) is -2.37. The SMILES string of the molecule is C=N[P+](N)(N=C)N=C.[Cl-]. The van der Waals surface area contributed by atoms with Crippen molar-refractivity contribution in [3.05, 3.63) is 0 Å². The average molecular weight is 167 g/mol. The van der Waals surface area contributed by atoms with Crippen LogP contribution >= 0.6 is 7.87 Å². The summed E-state index contributed by atoms with van der Waals surface area (Å²) in [6, 6.07) is 0. The predicted molar refractivity (Wildman–Crippen MR) is 39.8 cm³/mol. The first-order valence-corrected chi connectivity index (χ1v) is 3.52. The van der Waals surface area contributed by atoms with E-state index in [0.29, 0.717) is 0 Å². The molecule has 6 heteroatoms. The van der Waals surface area contributed by atoms with Gasteiger partial charge in [-0.15, -0.1) is 5.50 Å². The number of hydrogen-bond acceptors (Lipinski definition) is 4. The van der Waals surface area contributed by atoms with Crippen molar-refractivity contribution < 1.29 is 12.4 Å². The van der Waals surface area contributed by atoms with Gasteiger partial charge in [-0.3, -0.25) is 0 Å². The van der Waals surface area contributed by atoms with E-state index in [0.717, 1.165) is 0 Å². The highest BCUT2D eigenvalue weighted by molar-refractivity contribution is 7.70. The van der Waals surface area contributed by atoms with Gasteiger partial charge in [0.15, 0.2) is 0 Å². The fourth-order valence-electron chi connectivity index (χ4n) is 0.134. The minimum absolute atomic E-state index is 0. The lowest BCUT2D eigenvalue weighted by molar-refractivity contribution is -0.00000205. The van der Waals surface area contributed by atoms with Gasteiger partial charge in [0.05, 0.1) is 0 Å². The summed E-state index contributed by atoms with van der Waals surface area (Å²) in [6.07, 6.45) is 0. The van der Waals surface area contributed by atoms with Gasteiger partial charge >= 0.3 is 7.87 Å². The first kappa shape index (κ1) is 11.5. The van der Waals surface area contributed by atoms with Crippen LogP contribution in [0.5, 0.6) is 0 Å². The summed E-state index contributed by atoms with van der Waals surface area (Å²) in [4.78, 5) is 0. The van der Waals surface area contributed by atoms with E-state index >= 15 is 0 Å². The molecular weight excluding hydrogens is 158 g/mol. The van der Waals surface area contributed by atoms with Gasteiger partial charge in [0, 0.05) is 20.2 Å². The summed E-state index contributed by atoms with van der Waals surface area (Å²) in [5, 5.41) is 0. The van der Waals surface area contributed by atoms with Crippen LogP contribution in [0.4, 0.5) is 0 Å². The van der Waals surface area contributed by atoms with Crippen LogP contribution in [-0.4, -0.2) is 20.2 Å². The second-order valence-electron chi connectivity index (χ2n) is 1.04. The highest BCUT2D eigenvalue weighted by Crippen LogP contribution is 2.53. The van der Waals surface area contributed by atoms with E-state index < -0.39 is 7.87 Å². The molecule has 4 nitrogen and oxygen atoms in total. The van der Waals surface area contributed by atoms with E-state index in [2.05, 4.69) is 34.4 Å². The van der Waals surface area contributed by atoms with Crippen molar-refractivity contribution in [1.29, 1.82) is 0 Å². The lowest BCUT2D eigenvalue weighted by Crippen LogP contribution is -3.00. The maximum Gasteiger partial charge on any atom is 0.439 e. The zero-order valence-corrected chi connectivity index (χ0v) is 6.52. The summed E-state index contributed by atoms with van der Waals surface area (Å²) >= 11 is 0. The summed E-state index contributed by atoms with van der Waals surface area (Å²) in [5.41, 5.74) is 5.32. The molecule has 0 saturated heterocycles. The van der Waals surface area contributed by atoms with Crippen LogP contribution < -0.4 is 17.9 Å². The molecule has 0 amide bonds. The summed E-state index contributed by atoms with van der Waals surface area (Å²) < 4.78 is 10.3. The van der Waals surface area contributed by atoms with E-state index in [-0.39, 0.29) is 12.4 Å². The number of halogens is 1. The smallest absolute Gasteiger partial charge is 0.439 e. The first-order valence-electron chi connectivity index (χ1n) is 1.81. The van der Waals surface area contributed by atoms with Crippen molar-refractivity contribution in [2.75, 3.05) is 0 Å². The maximum absolute atomic E-state index is 5.32. The van der Waals surface area contributed by atoms with Crippen LogP contribution in [0.3, 0.4) is 0 Å². The van der Waals surface area contributed by atoms with Gasteiger partial charge in [0.25, 0.3) is 0 Å². The van der Waals surface area contributed by atoms with Crippen molar-refractivity contribution in [1.82, 2.24) is 0 Å². The van der Waals surface area contributed by atoms with Gasteiger partial charge in [-0.25, -0.2) is 0 Å². The maximum atomic E-state index is 5.32. The van der Waals surface area contributed by atoms with E-state index in [1.54, 1.807) is 0 Å². The van der Waals surface area contributed by atoms with Gasteiger partial charge in [-0.1, -0.05) is 14.3 Å². The molecule has 0 aliphatic heterocycles. The molecule has 0 spiro atoms. The molecule has 0 aromatic heterocycles.